The average Bonchev–Trinajstić information content (AvgIpc) is 3.40. The minimum atomic E-state index is -0.937. The van der Waals surface area contributed by atoms with Crippen LogP contribution in [0.1, 0.15) is 36.4 Å². The molecule has 162 valence electrons. The molecule has 0 saturated carbocycles. The van der Waals surface area contributed by atoms with Crippen LogP contribution in [0.3, 0.4) is 0 Å². The third-order valence-corrected chi connectivity index (χ3v) is 7.20. The van der Waals surface area contributed by atoms with Crippen LogP contribution in [0.2, 0.25) is 0 Å². The maximum atomic E-state index is 12.7. The van der Waals surface area contributed by atoms with Crippen molar-refractivity contribution < 1.29 is 19.4 Å². The first-order chi connectivity index (χ1) is 14.1. The highest BCUT2D eigenvalue weighted by molar-refractivity contribution is 7.09. The Bertz CT molecular complexity index is 686. The lowest BCUT2D eigenvalue weighted by molar-refractivity contribution is -0.0266. The Morgan fingerprint density at radius 2 is 2.00 bits per heavy atom. The standard InChI is InChI=1S/C20H32N4O4S/c1-27-14-16-3-2-6-24(16)13-18-21-17(15-29-18)20(26)4-7-22(8-5-20)19(25)23-9-11-28-12-10-23/h15-16,26H,2-14H2,1H3. The number of thiazole rings is 1. The molecule has 1 atom stereocenters. The van der Waals surface area contributed by atoms with Gasteiger partial charge in [0.1, 0.15) is 10.6 Å². The molecule has 3 saturated heterocycles. The summed E-state index contributed by atoms with van der Waals surface area (Å²) in [6, 6.07) is 0.525. The molecule has 1 aromatic rings. The number of likely N-dealkylation sites (tertiary alicyclic amines) is 2. The zero-order chi connectivity index (χ0) is 20.3. The largest absolute Gasteiger partial charge is 0.383 e. The Balaban J connectivity index is 1.33. The maximum absolute atomic E-state index is 12.7. The molecule has 29 heavy (non-hydrogen) atoms. The van der Waals surface area contributed by atoms with E-state index in [4.69, 9.17) is 14.5 Å². The molecule has 8 nitrogen and oxygen atoms in total. The summed E-state index contributed by atoms with van der Waals surface area (Å²) in [6.07, 6.45) is 3.43. The highest BCUT2D eigenvalue weighted by Crippen LogP contribution is 2.34. The molecule has 0 radical (unpaired) electrons. The summed E-state index contributed by atoms with van der Waals surface area (Å²) in [7, 11) is 1.75. The van der Waals surface area contributed by atoms with E-state index in [0.29, 0.717) is 58.3 Å². The van der Waals surface area contributed by atoms with E-state index >= 15 is 0 Å². The third-order valence-electron chi connectivity index (χ3n) is 6.37. The predicted octanol–water partition coefficient (Wildman–Crippen LogP) is 1.49. The van der Waals surface area contributed by atoms with Gasteiger partial charge < -0.3 is 24.4 Å². The fourth-order valence-electron chi connectivity index (χ4n) is 4.53. The lowest BCUT2D eigenvalue weighted by Crippen LogP contribution is -2.52. The summed E-state index contributed by atoms with van der Waals surface area (Å²) in [5.74, 6) is 0. The van der Waals surface area contributed by atoms with Crippen LogP contribution in [-0.4, -0.2) is 96.5 Å². The van der Waals surface area contributed by atoms with Gasteiger partial charge in [0.15, 0.2) is 0 Å². The maximum Gasteiger partial charge on any atom is 0.320 e. The van der Waals surface area contributed by atoms with E-state index in [-0.39, 0.29) is 6.03 Å². The number of urea groups is 1. The minimum Gasteiger partial charge on any atom is -0.383 e. The van der Waals surface area contributed by atoms with E-state index in [1.807, 2.05) is 15.2 Å². The Morgan fingerprint density at radius 1 is 1.28 bits per heavy atom. The molecule has 1 N–H and O–H groups in total. The van der Waals surface area contributed by atoms with Crippen molar-refractivity contribution in [1.29, 1.82) is 0 Å². The molecular weight excluding hydrogens is 392 g/mol. The quantitative estimate of drug-likeness (QED) is 0.772. The average molecular weight is 425 g/mol. The topological polar surface area (TPSA) is 78.4 Å². The minimum absolute atomic E-state index is 0.0625. The van der Waals surface area contributed by atoms with Crippen LogP contribution in [0.15, 0.2) is 5.38 Å². The number of amides is 2. The SMILES string of the molecule is COCC1CCCN1Cc1nc(C2(O)CCN(C(=O)N3CCOCC3)CC2)cs1. The smallest absolute Gasteiger partial charge is 0.320 e. The Labute approximate surface area is 176 Å². The van der Waals surface area contributed by atoms with Gasteiger partial charge in [-0.05, 0) is 32.2 Å². The number of aliphatic hydroxyl groups is 1. The van der Waals surface area contributed by atoms with Crippen LogP contribution in [0.5, 0.6) is 0 Å². The lowest BCUT2D eigenvalue weighted by atomic mass is 9.89. The molecule has 1 unspecified atom stereocenters. The number of nitrogens with zero attached hydrogens (tertiary/aromatic N) is 4. The van der Waals surface area contributed by atoms with Crippen LogP contribution in [-0.2, 0) is 21.6 Å². The van der Waals surface area contributed by atoms with Gasteiger partial charge in [0.05, 0.1) is 32.1 Å². The van der Waals surface area contributed by atoms with Crippen molar-refractivity contribution in [1.82, 2.24) is 19.7 Å². The van der Waals surface area contributed by atoms with Crippen molar-refractivity contribution in [2.45, 2.75) is 43.9 Å². The number of rotatable bonds is 5. The van der Waals surface area contributed by atoms with E-state index < -0.39 is 5.60 Å². The molecule has 0 aliphatic carbocycles. The number of methoxy groups -OCH3 is 1. The third kappa shape index (κ3) is 4.74. The molecule has 1 aromatic heterocycles. The second kappa shape index (κ2) is 9.26. The Kier molecular flexibility index (Phi) is 6.70. The number of morpholine rings is 1. The molecule has 0 spiro atoms. The summed E-state index contributed by atoms with van der Waals surface area (Å²) in [5.41, 5.74) is -0.175. The molecule has 3 aliphatic rings. The zero-order valence-electron chi connectivity index (χ0n) is 17.2. The second-order valence-corrected chi connectivity index (χ2v) is 9.19. The highest BCUT2D eigenvalue weighted by atomic mass is 32.1. The Morgan fingerprint density at radius 3 is 2.72 bits per heavy atom. The molecule has 2 amide bonds. The van der Waals surface area contributed by atoms with Crippen LogP contribution in [0, 0.1) is 0 Å². The summed E-state index contributed by atoms with van der Waals surface area (Å²) in [4.78, 5) is 23.6. The number of aromatic nitrogens is 1. The van der Waals surface area contributed by atoms with E-state index in [1.165, 1.54) is 12.8 Å². The van der Waals surface area contributed by atoms with E-state index in [9.17, 15) is 9.90 Å². The first-order valence-electron chi connectivity index (χ1n) is 10.6. The molecule has 3 aliphatic heterocycles. The van der Waals surface area contributed by atoms with Crippen molar-refractivity contribution in [2.24, 2.45) is 0 Å². The van der Waals surface area contributed by atoms with Crippen molar-refractivity contribution >= 4 is 17.4 Å². The molecule has 9 heteroatoms. The molecule has 4 heterocycles. The molecule has 3 fully saturated rings. The molecule has 0 bridgehead atoms. The Hall–Kier alpha value is -1.26. The van der Waals surface area contributed by atoms with Crippen molar-refractivity contribution in [2.75, 3.05) is 59.7 Å². The summed E-state index contributed by atoms with van der Waals surface area (Å²) in [5, 5.41) is 14.2. The van der Waals surface area contributed by atoms with Gasteiger partial charge in [-0.1, -0.05) is 0 Å². The van der Waals surface area contributed by atoms with Crippen LogP contribution < -0.4 is 0 Å². The van der Waals surface area contributed by atoms with Gasteiger partial charge >= 0.3 is 6.03 Å². The number of carbonyl (C=O) groups excluding carboxylic acids is 1. The van der Waals surface area contributed by atoms with Gasteiger partial charge in [-0.3, -0.25) is 4.90 Å². The van der Waals surface area contributed by atoms with Crippen LogP contribution in [0.4, 0.5) is 4.79 Å². The normalized spacial score (nSPS) is 25.5. The summed E-state index contributed by atoms with van der Waals surface area (Å²) >= 11 is 1.62. The van der Waals surface area contributed by atoms with Gasteiger partial charge in [-0.25, -0.2) is 9.78 Å². The number of hydrogen-bond acceptors (Lipinski definition) is 7. The first-order valence-corrected chi connectivity index (χ1v) is 11.5. The van der Waals surface area contributed by atoms with Gasteiger partial charge in [0.25, 0.3) is 0 Å². The molecule has 4 rings (SSSR count). The monoisotopic (exact) mass is 424 g/mol. The van der Waals surface area contributed by atoms with Crippen LogP contribution in [0.25, 0.3) is 0 Å². The van der Waals surface area contributed by atoms with Gasteiger partial charge in [-0.2, -0.15) is 0 Å². The molecular formula is C20H32N4O4S. The van der Waals surface area contributed by atoms with E-state index in [2.05, 4.69) is 4.90 Å². The van der Waals surface area contributed by atoms with E-state index in [1.54, 1.807) is 18.4 Å². The highest BCUT2D eigenvalue weighted by Gasteiger charge is 2.38. The number of piperidine rings is 1. The van der Waals surface area contributed by atoms with E-state index in [0.717, 1.165) is 30.4 Å². The van der Waals surface area contributed by atoms with Crippen LogP contribution >= 0.6 is 11.3 Å². The molecule has 0 aromatic carbocycles. The predicted molar refractivity (Wildman–Crippen MR) is 110 cm³/mol. The van der Waals surface area contributed by atoms with Crippen molar-refractivity contribution in [3.8, 4) is 0 Å². The first kappa shape index (κ1) is 21.0. The number of ether oxygens (including phenoxy) is 2. The fourth-order valence-corrected chi connectivity index (χ4v) is 5.45. The summed E-state index contributed by atoms with van der Waals surface area (Å²) < 4.78 is 10.7. The zero-order valence-corrected chi connectivity index (χ0v) is 18.0. The van der Waals surface area contributed by atoms with Gasteiger partial charge in [0, 0.05) is 44.7 Å². The number of carbonyl (C=O) groups is 1. The van der Waals surface area contributed by atoms with Crippen molar-refractivity contribution in [3.05, 3.63) is 16.1 Å². The lowest BCUT2D eigenvalue weighted by Gasteiger charge is -2.40. The van der Waals surface area contributed by atoms with Gasteiger partial charge in [0.2, 0.25) is 0 Å². The van der Waals surface area contributed by atoms with Gasteiger partial charge in [-0.15, -0.1) is 11.3 Å². The summed E-state index contributed by atoms with van der Waals surface area (Å²) in [6.45, 7) is 6.27. The fraction of sp³-hybridized carbons (Fsp3) is 0.800. The number of hydrogen-bond donors (Lipinski definition) is 1. The second-order valence-electron chi connectivity index (χ2n) is 8.25. The van der Waals surface area contributed by atoms with Crippen molar-refractivity contribution in [3.63, 3.8) is 0 Å².